The normalized spacial score (nSPS) is 22.7. The lowest BCUT2D eigenvalue weighted by Gasteiger charge is -2.32. The molecule has 0 bridgehead atoms. The Kier molecular flexibility index (Phi) is 3.59. The van der Waals surface area contributed by atoms with Crippen LogP contribution in [0, 0.1) is 19.8 Å². The standard InChI is InChI=1S/C15H21N3O2/c1-10-8-11(2)17-15(16-10)20-13-4-3-7-18(9-13)14(19)12-5-6-12/h8,12-13H,3-7,9H2,1-2H3. The number of hydrogen-bond donors (Lipinski definition) is 0. The van der Waals surface area contributed by atoms with Crippen LogP contribution in [-0.4, -0.2) is 40.0 Å². The molecule has 1 atom stereocenters. The molecular formula is C15H21N3O2. The van der Waals surface area contributed by atoms with Crippen molar-refractivity contribution in [2.24, 2.45) is 5.92 Å². The first-order chi connectivity index (χ1) is 9.61. The number of nitrogens with zero attached hydrogens (tertiary/aromatic N) is 3. The summed E-state index contributed by atoms with van der Waals surface area (Å²) < 4.78 is 5.88. The van der Waals surface area contributed by atoms with Gasteiger partial charge in [0, 0.05) is 23.9 Å². The lowest BCUT2D eigenvalue weighted by molar-refractivity contribution is -0.135. The zero-order valence-corrected chi connectivity index (χ0v) is 12.1. The number of aryl methyl sites for hydroxylation is 2. The highest BCUT2D eigenvalue weighted by Crippen LogP contribution is 2.32. The molecule has 1 aromatic heterocycles. The predicted octanol–water partition coefficient (Wildman–Crippen LogP) is 1.87. The third-order valence-electron chi connectivity index (χ3n) is 3.85. The third-order valence-corrected chi connectivity index (χ3v) is 3.85. The minimum absolute atomic E-state index is 0.0210. The molecule has 0 radical (unpaired) electrons. The van der Waals surface area contributed by atoms with Crippen molar-refractivity contribution in [2.45, 2.75) is 45.6 Å². The van der Waals surface area contributed by atoms with E-state index in [9.17, 15) is 4.79 Å². The Labute approximate surface area is 119 Å². The molecule has 1 saturated heterocycles. The van der Waals surface area contributed by atoms with Crippen molar-refractivity contribution in [1.29, 1.82) is 0 Å². The van der Waals surface area contributed by atoms with Crippen molar-refractivity contribution in [3.05, 3.63) is 17.5 Å². The van der Waals surface area contributed by atoms with E-state index < -0.39 is 0 Å². The molecule has 0 N–H and O–H groups in total. The van der Waals surface area contributed by atoms with Crippen molar-refractivity contribution in [1.82, 2.24) is 14.9 Å². The van der Waals surface area contributed by atoms with Crippen molar-refractivity contribution in [2.75, 3.05) is 13.1 Å². The fraction of sp³-hybridized carbons (Fsp3) is 0.667. The molecule has 1 amide bonds. The zero-order valence-electron chi connectivity index (χ0n) is 12.1. The van der Waals surface area contributed by atoms with E-state index in [4.69, 9.17) is 4.74 Å². The number of likely N-dealkylation sites (tertiary alicyclic amines) is 1. The van der Waals surface area contributed by atoms with Crippen LogP contribution in [0.5, 0.6) is 6.01 Å². The van der Waals surface area contributed by atoms with Crippen molar-refractivity contribution >= 4 is 5.91 Å². The number of hydrogen-bond acceptors (Lipinski definition) is 4. The summed E-state index contributed by atoms with van der Waals surface area (Å²) in [6, 6.07) is 2.37. The second kappa shape index (κ2) is 5.38. The lowest BCUT2D eigenvalue weighted by Crippen LogP contribution is -2.45. The van der Waals surface area contributed by atoms with Crippen molar-refractivity contribution in [3.63, 3.8) is 0 Å². The maximum Gasteiger partial charge on any atom is 0.317 e. The highest BCUT2D eigenvalue weighted by molar-refractivity contribution is 5.81. The fourth-order valence-electron chi connectivity index (χ4n) is 2.72. The van der Waals surface area contributed by atoms with Gasteiger partial charge >= 0.3 is 6.01 Å². The van der Waals surface area contributed by atoms with E-state index in [0.717, 1.165) is 43.6 Å². The van der Waals surface area contributed by atoms with E-state index in [2.05, 4.69) is 9.97 Å². The number of carbonyl (C=O) groups excluding carboxylic acids is 1. The summed E-state index contributed by atoms with van der Waals surface area (Å²) in [4.78, 5) is 22.7. The van der Waals surface area contributed by atoms with Crippen molar-refractivity contribution in [3.8, 4) is 6.01 Å². The second-order valence-corrected chi connectivity index (χ2v) is 5.87. The number of amides is 1. The number of piperidine rings is 1. The summed E-state index contributed by atoms with van der Waals surface area (Å²) in [5.74, 6) is 0.589. The minimum Gasteiger partial charge on any atom is -0.458 e. The molecule has 1 aliphatic carbocycles. The molecule has 5 nitrogen and oxygen atoms in total. The van der Waals surface area contributed by atoms with E-state index in [1.54, 1.807) is 0 Å². The maximum atomic E-state index is 12.1. The van der Waals surface area contributed by atoms with Gasteiger partial charge in [0.1, 0.15) is 6.10 Å². The molecule has 1 aliphatic heterocycles. The zero-order chi connectivity index (χ0) is 14.1. The van der Waals surface area contributed by atoms with Gasteiger partial charge in [-0.05, 0) is 45.6 Å². The van der Waals surface area contributed by atoms with E-state index in [0.29, 0.717) is 18.5 Å². The van der Waals surface area contributed by atoms with Crippen LogP contribution in [0.25, 0.3) is 0 Å². The highest BCUT2D eigenvalue weighted by atomic mass is 16.5. The van der Waals surface area contributed by atoms with Gasteiger partial charge < -0.3 is 9.64 Å². The summed E-state index contributed by atoms with van der Waals surface area (Å²) in [5.41, 5.74) is 1.82. The third kappa shape index (κ3) is 3.08. The molecule has 2 fully saturated rings. The molecule has 2 aliphatic rings. The average Bonchev–Trinajstić information content (AvgIpc) is 3.21. The van der Waals surface area contributed by atoms with Gasteiger partial charge in [0.15, 0.2) is 0 Å². The SMILES string of the molecule is Cc1cc(C)nc(OC2CCCN(C(=O)C3CC3)C2)n1. The Bertz CT molecular complexity index is 494. The van der Waals surface area contributed by atoms with Crippen LogP contribution < -0.4 is 4.74 Å². The first-order valence-corrected chi connectivity index (χ1v) is 7.39. The van der Waals surface area contributed by atoms with Gasteiger partial charge in [-0.15, -0.1) is 0 Å². The topological polar surface area (TPSA) is 55.3 Å². The van der Waals surface area contributed by atoms with E-state index in [-0.39, 0.29) is 12.0 Å². The summed E-state index contributed by atoms with van der Waals surface area (Å²) in [6.07, 6.45) is 4.09. The van der Waals surface area contributed by atoms with Crippen LogP contribution in [-0.2, 0) is 4.79 Å². The largest absolute Gasteiger partial charge is 0.458 e. The van der Waals surface area contributed by atoms with Crippen LogP contribution in [0.4, 0.5) is 0 Å². The van der Waals surface area contributed by atoms with Gasteiger partial charge in [-0.2, -0.15) is 0 Å². The first kappa shape index (κ1) is 13.3. The molecule has 108 valence electrons. The van der Waals surface area contributed by atoms with Crippen LogP contribution in [0.3, 0.4) is 0 Å². The molecular weight excluding hydrogens is 254 g/mol. The minimum atomic E-state index is 0.0210. The molecule has 1 unspecified atom stereocenters. The van der Waals surface area contributed by atoms with Crippen LogP contribution in [0.15, 0.2) is 6.07 Å². The summed E-state index contributed by atoms with van der Waals surface area (Å²) in [7, 11) is 0. The Balaban J connectivity index is 1.63. The second-order valence-electron chi connectivity index (χ2n) is 5.87. The van der Waals surface area contributed by atoms with Gasteiger partial charge in [-0.3, -0.25) is 4.79 Å². The van der Waals surface area contributed by atoms with Gasteiger partial charge in [-0.25, -0.2) is 9.97 Å². The van der Waals surface area contributed by atoms with Crippen LogP contribution in [0.1, 0.15) is 37.1 Å². The summed E-state index contributed by atoms with van der Waals surface area (Å²) >= 11 is 0. The molecule has 0 aromatic carbocycles. The quantitative estimate of drug-likeness (QED) is 0.845. The molecule has 0 spiro atoms. The Hall–Kier alpha value is -1.65. The van der Waals surface area contributed by atoms with E-state index in [1.807, 2.05) is 24.8 Å². The smallest absolute Gasteiger partial charge is 0.317 e. The molecule has 1 aromatic rings. The Morgan fingerprint density at radius 1 is 1.25 bits per heavy atom. The fourth-order valence-corrected chi connectivity index (χ4v) is 2.72. The van der Waals surface area contributed by atoms with Gasteiger partial charge in [0.25, 0.3) is 0 Å². The van der Waals surface area contributed by atoms with Gasteiger partial charge in [0.05, 0.1) is 6.54 Å². The summed E-state index contributed by atoms with van der Waals surface area (Å²) in [5, 5.41) is 0. The lowest BCUT2D eigenvalue weighted by atomic mass is 10.1. The van der Waals surface area contributed by atoms with E-state index >= 15 is 0 Å². The first-order valence-electron chi connectivity index (χ1n) is 7.39. The molecule has 5 heteroatoms. The van der Waals surface area contributed by atoms with E-state index in [1.165, 1.54) is 0 Å². The molecule has 3 rings (SSSR count). The monoisotopic (exact) mass is 275 g/mol. The molecule has 20 heavy (non-hydrogen) atoms. The highest BCUT2D eigenvalue weighted by Gasteiger charge is 2.35. The number of ether oxygens (including phenoxy) is 1. The van der Waals surface area contributed by atoms with Crippen LogP contribution in [0.2, 0.25) is 0 Å². The number of carbonyl (C=O) groups is 1. The molecule has 2 heterocycles. The van der Waals surface area contributed by atoms with Gasteiger partial charge in [0.2, 0.25) is 5.91 Å². The molecule has 1 saturated carbocycles. The summed E-state index contributed by atoms with van der Waals surface area (Å²) in [6.45, 7) is 5.41. The number of aromatic nitrogens is 2. The van der Waals surface area contributed by atoms with Crippen molar-refractivity contribution < 1.29 is 9.53 Å². The van der Waals surface area contributed by atoms with Crippen LogP contribution >= 0.6 is 0 Å². The number of rotatable bonds is 3. The Morgan fingerprint density at radius 2 is 1.95 bits per heavy atom. The predicted molar refractivity (Wildman–Crippen MR) is 74.5 cm³/mol. The van der Waals surface area contributed by atoms with Gasteiger partial charge in [-0.1, -0.05) is 0 Å². The average molecular weight is 275 g/mol. The maximum absolute atomic E-state index is 12.1. The Morgan fingerprint density at radius 3 is 2.60 bits per heavy atom.